The van der Waals surface area contributed by atoms with E-state index >= 15 is 0 Å². The topological polar surface area (TPSA) is 73.2 Å². The summed E-state index contributed by atoms with van der Waals surface area (Å²) in [6.45, 7) is 1.63. The van der Waals surface area contributed by atoms with Crippen LogP contribution in [0.1, 0.15) is 36.8 Å². The molecule has 0 aliphatic carbocycles. The van der Waals surface area contributed by atoms with E-state index in [1.165, 1.54) is 31.4 Å². The first kappa shape index (κ1) is 19.8. The quantitative estimate of drug-likeness (QED) is 0.462. The maximum atomic E-state index is 13.9. The molecular weight excluding hydrogens is 395 g/mol. The Morgan fingerprint density at radius 2 is 2.13 bits per heavy atom. The van der Waals surface area contributed by atoms with Gasteiger partial charge in [0.2, 0.25) is 0 Å². The molecule has 1 atom stereocenters. The lowest BCUT2D eigenvalue weighted by atomic mass is 10.0. The molecule has 6 nitrogen and oxygen atoms in total. The first-order valence-corrected chi connectivity index (χ1v) is 10.7. The van der Waals surface area contributed by atoms with E-state index in [-0.39, 0.29) is 11.7 Å². The summed E-state index contributed by atoms with van der Waals surface area (Å²) >= 11 is 0. The Bertz CT molecular complexity index is 1180. The molecule has 1 aromatic heterocycles. The van der Waals surface area contributed by atoms with Crippen LogP contribution < -0.4 is 0 Å². The molecule has 0 spiro atoms. The fourth-order valence-corrected chi connectivity index (χ4v) is 4.54. The van der Waals surface area contributed by atoms with Crippen LogP contribution in [0, 0.1) is 5.82 Å². The number of oxime groups is 1. The third-order valence-corrected chi connectivity index (χ3v) is 6.21. The molecule has 160 valence electrons. The van der Waals surface area contributed by atoms with Crippen LogP contribution in [0.25, 0.3) is 10.9 Å². The lowest BCUT2D eigenvalue weighted by Crippen LogP contribution is -2.36. The average molecular weight is 420 g/mol. The van der Waals surface area contributed by atoms with Crippen LogP contribution in [0.4, 0.5) is 10.1 Å². The van der Waals surface area contributed by atoms with Crippen LogP contribution in [-0.4, -0.2) is 52.7 Å². The van der Waals surface area contributed by atoms with Crippen LogP contribution in [0.5, 0.6) is 5.88 Å². The van der Waals surface area contributed by atoms with Crippen molar-refractivity contribution in [2.24, 2.45) is 10.1 Å². The number of piperidine rings is 1. The Hall–Kier alpha value is -3.19. The average Bonchev–Trinajstić information content (AvgIpc) is 3.28. The lowest BCUT2D eigenvalue weighted by Gasteiger charge is -2.32. The van der Waals surface area contributed by atoms with E-state index in [1.54, 1.807) is 6.07 Å². The van der Waals surface area contributed by atoms with E-state index in [4.69, 9.17) is 9.83 Å². The van der Waals surface area contributed by atoms with Gasteiger partial charge in [0.1, 0.15) is 23.8 Å². The largest absolute Gasteiger partial charge is 0.494 e. The van der Waals surface area contributed by atoms with Gasteiger partial charge in [-0.3, -0.25) is 0 Å². The number of fused-ring (bicyclic) bond motifs is 2. The van der Waals surface area contributed by atoms with Crippen molar-refractivity contribution in [2.75, 3.05) is 20.2 Å². The highest BCUT2D eigenvalue weighted by Crippen LogP contribution is 2.36. The van der Waals surface area contributed by atoms with Crippen molar-refractivity contribution in [1.29, 1.82) is 0 Å². The molecule has 0 radical (unpaired) electrons. The third-order valence-electron chi connectivity index (χ3n) is 6.21. The molecule has 2 aromatic carbocycles. The Morgan fingerprint density at radius 3 is 3.00 bits per heavy atom. The fraction of sp³-hybridized carbons (Fsp3) is 0.333. The van der Waals surface area contributed by atoms with Crippen molar-refractivity contribution in [3.8, 4) is 5.88 Å². The van der Waals surface area contributed by atoms with Crippen LogP contribution in [-0.2, 0) is 4.84 Å². The zero-order valence-electron chi connectivity index (χ0n) is 17.4. The molecule has 7 heteroatoms. The number of aromatic amines is 1. The Labute approximate surface area is 180 Å². The predicted octanol–water partition coefficient (Wildman–Crippen LogP) is 4.74. The van der Waals surface area contributed by atoms with Gasteiger partial charge in [0.15, 0.2) is 5.88 Å². The zero-order valence-corrected chi connectivity index (χ0v) is 17.4. The molecule has 0 bridgehead atoms. The van der Waals surface area contributed by atoms with Gasteiger partial charge in [-0.2, -0.15) is 0 Å². The second-order valence-electron chi connectivity index (χ2n) is 8.21. The molecule has 1 saturated heterocycles. The van der Waals surface area contributed by atoms with Gasteiger partial charge in [-0.05, 0) is 57.1 Å². The highest BCUT2D eigenvalue weighted by atomic mass is 19.1. The van der Waals surface area contributed by atoms with Crippen molar-refractivity contribution in [1.82, 2.24) is 9.88 Å². The van der Waals surface area contributed by atoms with Gasteiger partial charge in [-0.15, -0.1) is 0 Å². The minimum atomic E-state index is -0.379. The minimum absolute atomic E-state index is 0.0660. The first-order valence-electron chi connectivity index (χ1n) is 10.7. The van der Waals surface area contributed by atoms with Gasteiger partial charge in [-0.1, -0.05) is 29.8 Å². The molecule has 2 N–H and O–H groups in total. The maximum Gasteiger partial charge on any atom is 0.199 e. The fourth-order valence-electron chi connectivity index (χ4n) is 4.54. The van der Waals surface area contributed by atoms with Gasteiger partial charge in [0.25, 0.3) is 0 Å². The minimum Gasteiger partial charge on any atom is -0.494 e. The molecule has 2 aliphatic heterocycles. The molecule has 1 unspecified atom stereocenters. The summed E-state index contributed by atoms with van der Waals surface area (Å²) < 4.78 is 13.9. The number of rotatable bonds is 5. The number of aromatic nitrogens is 1. The standard InChI is InChI=1S/C24H25FN4O2/c1-29-12-5-4-6-16(29)11-13-31-28-22-17-7-2-3-8-19(17)26-23(22)21-18-14-15(25)9-10-20(18)27-24(21)30/h2-3,7-10,14,16,27,30H,4-6,11-13H2,1H3/b28-22+. The molecule has 31 heavy (non-hydrogen) atoms. The molecular formula is C24H25FN4O2. The van der Waals surface area contributed by atoms with Gasteiger partial charge < -0.3 is 19.8 Å². The number of para-hydroxylation sites is 1. The number of halogens is 1. The molecule has 2 aliphatic rings. The Kier molecular flexibility index (Phi) is 5.19. The zero-order chi connectivity index (χ0) is 21.4. The van der Waals surface area contributed by atoms with Gasteiger partial charge in [0.05, 0.1) is 11.3 Å². The monoisotopic (exact) mass is 420 g/mol. The molecule has 0 amide bonds. The predicted molar refractivity (Wildman–Crippen MR) is 120 cm³/mol. The number of H-pyrrole nitrogens is 1. The van der Waals surface area contributed by atoms with Crippen molar-refractivity contribution >= 4 is 28.0 Å². The summed E-state index contributed by atoms with van der Waals surface area (Å²) in [6, 6.07) is 12.5. The van der Waals surface area contributed by atoms with Gasteiger partial charge in [-0.25, -0.2) is 9.38 Å². The summed E-state index contributed by atoms with van der Waals surface area (Å²) in [5.74, 6) is -0.445. The number of aliphatic imine (C=N–C) groups is 1. The SMILES string of the molecule is CN1CCCCC1CCO/N=C1/C(c2c(O)[nH]c3ccc(F)cc23)=Nc2ccccc21. The molecule has 3 aromatic rings. The second-order valence-corrected chi connectivity index (χ2v) is 8.21. The van der Waals surface area contributed by atoms with E-state index in [9.17, 15) is 9.50 Å². The van der Waals surface area contributed by atoms with E-state index in [2.05, 4.69) is 22.1 Å². The highest BCUT2D eigenvalue weighted by Gasteiger charge is 2.29. The van der Waals surface area contributed by atoms with Gasteiger partial charge in [0, 0.05) is 22.5 Å². The number of hydrogen-bond donors (Lipinski definition) is 2. The molecule has 5 rings (SSSR count). The van der Waals surface area contributed by atoms with Crippen molar-refractivity contribution < 1.29 is 14.3 Å². The Balaban J connectivity index is 1.45. The van der Waals surface area contributed by atoms with E-state index in [0.29, 0.717) is 40.5 Å². The highest BCUT2D eigenvalue weighted by molar-refractivity contribution is 6.58. The third kappa shape index (κ3) is 3.70. The van der Waals surface area contributed by atoms with Crippen molar-refractivity contribution in [2.45, 2.75) is 31.7 Å². The summed E-state index contributed by atoms with van der Waals surface area (Å²) in [7, 11) is 2.16. The smallest absolute Gasteiger partial charge is 0.199 e. The van der Waals surface area contributed by atoms with Crippen molar-refractivity contribution in [3.05, 3.63) is 59.4 Å². The summed E-state index contributed by atoms with van der Waals surface area (Å²) in [5.41, 5.74) is 3.67. The Morgan fingerprint density at radius 1 is 1.26 bits per heavy atom. The molecule has 0 saturated carbocycles. The number of hydrogen-bond acceptors (Lipinski definition) is 5. The van der Waals surface area contributed by atoms with E-state index in [0.717, 1.165) is 24.2 Å². The molecule has 3 heterocycles. The number of aromatic hydroxyl groups is 1. The van der Waals surface area contributed by atoms with Crippen LogP contribution in [0.2, 0.25) is 0 Å². The van der Waals surface area contributed by atoms with Crippen LogP contribution in [0.3, 0.4) is 0 Å². The molecule has 1 fully saturated rings. The number of likely N-dealkylation sites (tertiary alicyclic amines) is 1. The van der Waals surface area contributed by atoms with Crippen molar-refractivity contribution in [3.63, 3.8) is 0 Å². The van der Waals surface area contributed by atoms with E-state index < -0.39 is 0 Å². The number of nitrogens with zero attached hydrogens (tertiary/aromatic N) is 3. The summed E-state index contributed by atoms with van der Waals surface area (Å²) in [5, 5.41) is 15.6. The second kappa shape index (κ2) is 8.15. The normalized spacial score (nSPS) is 20.3. The lowest BCUT2D eigenvalue weighted by molar-refractivity contribution is 0.0975. The summed E-state index contributed by atoms with van der Waals surface area (Å²) in [6.07, 6.45) is 4.59. The maximum absolute atomic E-state index is 13.9. The first-order chi connectivity index (χ1) is 15.1. The number of benzene rings is 2. The van der Waals surface area contributed by atoms with Crippen LogP contribution in [0.15, 0.2) is 52.6 Å². The van der Waals surface area contributed by atoms with Gasteiger partial charge >= 0.3 is 0 Å². The van der Waals surface area contributed by atoms with E-state index in [1.807, 2.05) is 24.3 Å². The van der Waals surface area contributed by atoms with Crippen LogP contribution >= 0.6 is 0 Å². The summed E-state index contributed by atoms with van der Waals surface area (Å²) in [4.78, 5) is 15.7. The number of nitrogens with one attached hydrogen (secondary N) is 1.